The summed E-state index contributed by atoms with van der Waals surface area (Å²) in [6.07, 6.45) is 0. The van der Waals surface area contributed by atoms with E-state index < -0.39 is 11.8 Å². The van der Waals surface area contributed by atoms with Gasteiger partial charge in [-0.15, -0.1) is 0 Å². The van der Waals surface area contributed by atoms with Crippen molar-refractivity contribution in [1.82, 2.24) is 0 Å². The van der Waals surface area contributed by atoms with Gasteiger partial charge in [0, 0.05) is 16.6 Å². The minimum absolute atomic E-state index is 0.159. The fraction of sp³-hybridized carbons (Fsp3) is 0. The normalized spacial score (nSPS) is 12.9. The van der Waals surface area contributed by atoms with Crippen LogP contribution >= 0.6 is 23.2 Å². The van der Waals surface area contributed by atoms with Crippen molar-refractivity contribution in [1.29, 1.82) is 0 Å². The molecule has 1 heterocycles. The van der Waals surface area contributed by atoms with Crippen LogP contribution in [0.4, 0.5) is 11.4 Å². The monoisotopic (exact) mass is 460 g/mol. The molecule has 3 amide bonds. The van der Waals surface area contributed by atoms with Gasteiger partial charge in [0.25, 0.3) is 17.7 Å². The Morgan fingerprint density at radius 3 is 2.31 bits per heavy atom. The molecule has 32 heavy (non-hydrogen) atoms. The quantitative estimate of drug-likeness (QED) is 0.370. The number of fused-ring (bicyclic) bond motifs is 2. The topological polar surface area (TPSA) is 66.5 Å². The zero-order valence-electron chi connectivity index (χ0n) is 16.4. The van der Waals surface area contributed by atoms with Gasteiger partial charge >= 0.3 is 0 Å². The number of benzene rings is 4. The van der Waals surface area contributed by atoms with E-state index in [0.717, 1.165) is 15.7 Å². The van der Waals surface area contributed by atoms with Crippen LogP contribution in [-0.4, -0.2) is 17.7 Å². The number of nitrogens with zero attached hydrogens (tertiary/aromatic N) is 1. The van der Waals surface area contributed by atoms with Gasteiger partial charge in [-0.25, -0.2) is 4.90 Å². The molecule has 0 bridgehead atoms. The number of hydrogen-bond acceptors (Lipinski definition) is 3. The van der Waals surface area contributed by atoms with Crippen LogP contribution in [0.2, 0.25) is 10.0 Å². The summed E-state index contributed by atoms with van der Waals surface area (Å²) in [7, 11) is 0. The molecule has 0 fully saturated rings. The molecule has 4 aromatic carbocycles. The van der Waals surface area contributed by atoms with Gasteiger partial charge in [-0.05, 0) is 47.9 Å². The summed E-state index contributed by atoms with van der Waals surface area (Å²) in [6, 6.07) is 22.3. The van der Waals surface area contributed by atoms with Gasteiger partial charge in [0.1, 0.15) is 0 Å². The van der Waals surface area contributed by atoms with Crippen LogP contribution in [0.3, 0.4) is 0 Å². The van der Waals surface area contributed by atoms with Gasteiger partial charge in [0.05, 0.1) is 26.9 Å². The van der Waals surface area contributed by atoms with Gasteiger partial charge in [0.15, 0.2) is 0 Å². The lowest BCUT2D eigenvalue weighted by Gasteiger charge is -2.14. The Morgan fingerprint density at radius 1 is 0.750 bits per heavy atom. The van der Waals surface area contributed by atoms with Crippen molar-refractivity contribution in [2.75, 3.05) is 10.2 Å². The highest BCUT2D eigenvalue weighted by atomic mass is 35.5. The second kappa shape index (κ2) is 7.79. The van der Waals surface area contributed by atoms with E-state index in [4.69, 9.17) is 23.2 Å². The third-order valence-corrected chi connectivity index (χ3v) is 6.09. The van der Waals surface area contributed by atoms with E-state index in [2.05, 4.69) is 5.32 Å². The van der Waals surface area contributed by atoms with Crippen molar-refractivity contribution in [3.8, 4) is 0 Å². The number of anilines is 2. The smallest absolute Gasteiger partial charge is 0.266 e. The lowest BCUT2D eigenvalue weighted by molar-refractivity contribution is 0.0925. The number of carbonyl (C=O) groups is 3. The van der Waals surface area contributed by atoms with E-state index in [9.17, 15) is 14.4 Å². The Morgan fingerprint density at radius 2 is 1.50 bits per heavy atom. The van der Waals surface area contributed by atoms with Crippen LogP contribution in [0.25, 0.3) is 10.8 Å². The SMILES string of the molecule is O=C(Nc1cccc2ccccc12)c1ccc2c(c1)C(=O)N(c1ccc(Cl)c(Cl)c1)C2=O. The van der Waals surface area contributed by atoms with E-state index in [1.54, 1.807) is 6.07 Å². The second-order valence-corrected chi connectivity index (χ2v) is 8.10. The minimum Gasteiger partial charge on any atom is -0.321 e. The molecule has 0 atom stereocenters. The second-order valence-electron chi connectivity index (χ2n) is 7.29. The fourth-order valence-electron chi connectivity index (χ4n) is 3.77. The Balaban J connectivity index is 1.46. The predicted molar refractivity (Wildman–Crippen MR) is 126 cm³/mol. The Hall–Kier alpha value is -3.67. The average molecular weight is 461 g/mol. The number of rotatable bonds is 3. The molecule has 0 saturated carbocycles. The van der Waals surface area contributed by atoms with Gasteiger partial charge in [-0.2, -0.15) is 0 Å². The van der Waals surface area contributed by atoms with Gasteiger partial charge in [0.2, 0.25) is 0 Å². The molecule has 156 valence electrons. The molecule has 4 aromatic rings. The summed E-state index contributed by atoms with van der Waals surface area (Å²) in [6.45, 7) is 0. The summed E-state index contributed by atoms with van der Waals surface area (Å²) in [5.41, 5.74) is 1.63. The first kappa shape index (κ1) is 20.2. The lowest BCUT2D eigenvalue weighted by Crippen LogP contribution is -2.29. The van der Waals surface area contributed by atoms with E-state index >= 15 is 0 Å². The summed E-state index contributed by atoms with van der Waals surface area (Å²) in [4.78, 5) is 39.8. The van der Waals surface area contributed by atoms with E-state index in [1.807, 2.05) is 42.5 Å². The van der Waals surface area contributed by atoms with E-state index in [-0.39, 0.29) is 27.6 Å². The molecular formula is C25H14Cl2N2O3. The molecule has 5 rings (SSSR count). The maximum Gasteiger partial charge on any atom is 0.266 e. The highest BCUT2D eigenvalue weighted by Crippen LogP contribution is 2.33. The van der Waals surface area contributed by atoms with Gasteiger partial charge < -0.3 is 5.32 Å². The molecule has 0 radical (unpaired) electrons. The maximum absolute atomic E-state index is 13.0. The third-order valence-electron chi connectivity index (χ3n) is 5.35. The molecule has 0 aliphatic carbocycles. The van der Waals surface area contributed by atoms with E-state index in [0.29, 0.717) is 16.4 Å². The molecule has 5 nitrogen and oxygen atoms in total. The summed E-state index contributed by atoms with van der Waals surface area (Å²) in [5.74, 6) is -1.38. The standard InChI is InChI=1S/C25H14Cl2N2O3/c26-20-11-9-16(13-21(20)27)29-24(31)18-10-8-15(12-19(18)25(29)32)23(30)28-22-7-3-5-14-4-1-2-6-17(14)22/h1-13H,(H,28,30). The summed E-state index contributed by atoms with van der Waals surface area (Å²) < 4.78 is 0. The van der Waals surface area contributed by atoms with Crippen molar-refractivity contribution >= 4 is 63.1 Å². The minimum atomic E-state index is -0.525. The van der Waals surface area contributed by atoms with E-state index in [1.165, 1.54) is 30.3 Å². The van der Waals surface area contributed by atoms with Crippen molar-refractivity contribution in [2.45, 2.75) is 0 Å². The van der Waals surface area contributed by atoms with Crippen LogP contribution in [0.1, 0.15) is 31.1 Å². The number of halogens is 2. The number of amides is 3. The van der Waals surface area contributed by atoms with Crippen LogP contribution in [-0.2, 0) is 0 Å². The van der Waals surface area contributed by atoms with Gasteiger partial charge in [-0.1, -0.05) is 59.6 Å². The van der Waals surface area contributed by atoms with Gasteiger partial charge in [-0.3, -0.25) is 14.4 Å². The summed E-state index contributed by atoms with van der Waals surface area (Å²) in [5, 5.41) is 5.35. The van der Waals surface area contributed by atoms with Crippen LogP contribution < -0.4 is 10.2 Å². The zero-order valence-corrected chi connectivity index (χ0v) is 17.9. The largest absolute Gasteiger partial charge is 0.321 e. The molecule has 7 heteroatoms. The van der Waals surface area contributed by atoms with Crippen LogP contribution in [0.5, 0.6) is 0 Å². The first-order chi connectivity index (χ1) is 15.4. The average Bonchev–Trinajstić information content (AvgIpc) is 3.05. The van der Waals surface area contributed by atoms with Crippen molar-refractivity contribution < 1.29 is 14.4 Å². The molecule has 0 aromatic heterocycles. The number of hydrogen-bond donors (Lipinski definition) is 1. The predicted octanol–water partition coefficient (Wildman–Crippen LogP) is 6.20. The molecule has 1 aliphatic heterocycles. The molecule has 0 spiro atoms. The molecule has 0 saturated heterocycles. The summed E-state index contributed by atoms with van der Waals surface area (Å²) >= 11 is 12.0. The zero-order chi connectivity index (χ0) is 22.4. The van der Waals surface area contributed by atoms with Crippen molar-refractivity contribution in [2.24, 2.45) is 0 Å². The Kier molecular flexibility index (Phi) is 4.93. The number of nitrogens with one attached hydrogen (secondary N) is 1. The van der Waals surface area contributed by atoms with Crippen LogP contribution in [0.15, 0.2) is 78.9 Å². The lowest BCUT2D eigenvalue weighted by atomic mass is 10.0. The first-order valence-electron chi connectivity index (χ1n) is 9.71. The first-order valence-corrected chi connectivity index (χ1v) is 10.5. The maximum atomic E-state index is 13.0. The molecule has 0 unspecified atom stereocenters. The molecule has 1 aliphatic rings. The van der Waals surface area contributed by atoms with Crippen molar-refractivity contribution in [3.63, 3.8) is 0 Å². The third kappa shape index (κ3) is 3.32. The molecule has 1 N–H and O–H groups in total. The Bertz CT molecular complexity index is 1440. The fourth-order valence-corrected chi connectivity index (χ4v) is 4.06. The number of imide groups is 1. The highest BCUT2D eigenvalue weighted by molar-refractivity contribution is 6.42. The van der Waals surface area contributed by atoms with Crippen molar-refractivity contribution in [3.05, 3.63) is 106 Å². The van der Waals surface area contributed by atoms with Crippen LogP contribution in [0, 0.1) is 0 Å². The molecular weight excluding hydrogens is 447 g/mol. The Labute approximate surface area is 193 Å². The number of carbonyl (C=O) groups excluding carboxylic acids is 3. The highest BCUT2D eigenvalue weighted by Gasteiger charge is 2.37.